The molecule has 1 heterocycles. The van der Waals surface area contributed by atoms with Crippen LogP contribution in [0, 0.1) is 5.82 Å². The standard InChI is InChI=1S/C19H16FN3O3/c20-14-5-1-12(2-6-14)17(18(24)22-15-7-8-15)26-16-9-3-13(4-10-16)19-23-21-11-25-19/h1-6,9-11,15,17H,7-8H2,(H,22,24). The fraction of sp³-hybridized carbons (Fsp3) is 0.211. The lowest BCUT2D eigenvalue weighted by Gasteiger charge is -2.19. The molecule has 26 heavy (non-hydrogen) atoms. The molecule has 0 radical (unpaired) electrons. The molecule has 0 spiro atoms. The van der Waals surface area contributed by atoms with E-state index in [4.69, 9.17) is 9.15 Å². The maximum absolute atomic E-state index is 13.2. The molecule has 1 aliphatic carbocycles. The summed E-state index contributed by atoms with van der Waals surface area (Å²) in [6.45, 7) is 0. The SMILES string of the molecule is O=C(NC1CC1)C(Oc1ccc(-c2nnco2)cc1)c1ccc(F)cc1. The Morgan fingerprint density at radius 2 is 1.88 bits per heavy atom. The lowest BCUT2D eigenvalue weighted by Crippen LogP contribution is -2.33. The Balaban J connectivity index is 1.55. The molecule has 0 aliphatic heterocycles. The van der Waals surface area contributed by atoms with E-state index < -0.39 is 6.10 Å². The summed E-state index contributed by atoms with van der Waals surface area (Å²) in [7, 11) is 0. The minimum Gasteiger partial charge on any atom is -0.476 e. The molecule has 1 saturated carbocycles. The molecular formula is C19H16FN3O3. The Hall–Kier alpha value is -3.22. The van der Waals surface area contributed by atoms with E-state index in [1.807, 2.05) is 0 Å². The van der Waals surface area contributed by atoms with Crippen molar-refractivity contribution in [2.24, 2.45) is 0 Å². The summed E-state index contributed by atoms with van der Waals surface area (Å²) in [5.74, 6) is 0.311. The lowest BCUT2D eigenvalue weighted by atomic mass is 10.1. The van der Waals surface area contributed by atoms with Gasteiger partial charge in [-0.1, -0.05) is 12.1 Å². The van der Waals surface area contributed by atoms with Crippen molar-refractivity contribution in [2.75, 3.05) is 0 Å². The molecule has 1 aromatic heterocycles. The van der Waals surface area contributed by atoms with Gasteiger partial charge in [0.05, 0.1) is 0 Å². The third kappa shape index (κ3) is 3.72. The first-order chi connectivity index (χ1) is 12.7. The number of rotatable bonds is 6. The van der Waals surface area contributed by atoms with E-state index in [0.717, 1.165) is 18.4 Å². The summed E-state index contributed by atoms with van der Waals surface area (Å²) in [4.78, 5) is 12.6. The number of halogens is 1. The Bertz CT molecular complexity index is 875. The molecule has 7 heteroatoms. The number of nitrogens with zero attached hydrogens (tertiary/aromatic N) is 2. The zero-order valence-corrected chi connectivity index (χ0v) is 13.8. The van der Waals surface area contributed by atoms with Gasteiger partial charge in [0, 0.05) is 17.2 Å². The van der Waals surface area contributed by atoms with Gasteiger partial charge in [-0.15, -0.1) is 10.2 Å². The van der Waals surface area contributed by atoms with Gasteiger partial charge in [0.1, 0.15) is 11.6 Å². The van der Waals surface area contributed by atoms with Crippen LogP contribution in [0.25, 0.3) is 11.5 Å². The van der Waals surface area contributed by atoms with Crippen LogP contribution in [0.2, 0.25) is 0 Å². The zero-order valence-electron chi connectivity index (χ0n) is 13.8. The van der Waals surface area contributed by atoms with Crippen molar-refractivity contribution in [2.45, 2.75) is 25.0 Å². The highest BCUT2D eigenvalue weighted by molar-refractivity contribution is 5.83. The molecule has 6 nitrogen and oxygen atoms in total. The van der Waals surface area contributed by atoms with Crippen molar-refractivity contribution in [3.8, 4) is 17.2 Å². The number of carbonyl (C=O) groups excluding carboxylic acids is 1. The molecule has 3 aromatic rings. The Morgan fingerprint density at radius 1 is 1.15 bits per heavy atom. The van der Waals surface area contributed by atoms with Gasteiger partial charge < -0.3 is 14.5 Å². The van der Waals surface area contributed by atoms with E-state index in [1.165, 1.54) is 18.5 Å². The quantitative estimate of drug-likeness (QED) is 0.736. The highest BCUT2D eigenvalue weighted by atomic mass is 19.1. The molecule has 1 N–H and O–H groups in total. The third-order valence-corrected chi connectivity index (χ3v) is 4.05. The molecule has 0 bridgehead atoms. The van der Waals surface area contributed by atoms with Crippen LogP contribution in [0.3, 0.4) is 0 Å². The summed E-state index contributed by atoms with van der Waals surface area (Å²) in [5, 5.41) is 10.4. The molecule has 0 saturated heterocycles. The highest BCUT2D eigenvalue weighted by Crippen LogP contribution is 2.27. The average Bonchev–Trinajstić information content (AvgIpc) is 3.30. The first-order valence-corrected chi connectivity index (χ1v) is 8.28. The van der Waals surface area contributed by atoms with Crippen LogP contribution < -0.4 is 10.1 Å². The number of nitrogens with one attached hydrogen (secondary N) is 1. The van der Waals surface area contributed by atoms with Crippen LogP contribution in [0.4, 0.5) is 4.39 Å². The van der Waals surface area contributed by atoms with Gasteiger partial charge in [0.15, 0.2) is 0 Å². The number of amides is 1. The molecule has 1 unspecified atom stereocenters. The average molecular weight is 353 g/mol. The number of carbonyl (C=O) groups is 1. The summed E-state index contributed by atoms with van der Waals surface area (Å²) >= 11 is 0. The minimum atomic E-state index is -0.856. The van der Waals surface area contributed by atoms with Crippen molar-refractivity contribution in [1.82, 2.24) is 15.5 Å². The molecule has 1 aliphatic rings. The minimum absolute atomic E-state index is 0.203. The Morgan fingerprint density at radius 3 is 2.50 bits per heavy atom. The van der Waals surface area contributed by atoms with Gasteiger partial charge in [-0.2, -0.15) is 0 Å². The van der Waals surface area contributed by atoms with Crippen molar-refractivity contribution >= 4 is 5.91 Å². The monoisotopic (exact) mass is 353 g/mol. The van der Waals surface area contributed by atoms with Crippen LogP contribution in [-0.2, 0) is 4.79 Å². The number of aromatic nitrogens is 2. The predicted molar refractivity (Wildman–Crippen MR) is 90.7 cm³/mol. The second kappa shape index (κ2) is 6.95. The van der Waals surface area contributed by atoms with Gasteiger partial charge >= 0.3 is 0 Å². The molecule has 4 rings (SSSR count). The topological polar surface area (TPSA) is 77.2 Å². The summed E-state index contributed by atoms with van der Waals surface area (Å²) in [6.07, 6.45) is 2.35. The summed E-state index contributed by atoms with van der Waals surface area (Å²) < 4.78 is 24.3. The van der Waals surface area contributed by atoms with E-state index in [9.17, 15) is 9.18 Å². The van der Waals surface area contributed by atoms with E-state index in [1.54, 1.807) is 36.4 Å². The van der Waals surface area contributed by atoms with Gasteiger partial charge in [0.25, 0.3) is 5.91 Å². The fourth-order valence-electron chi connectivity index (χ4n) is 2.53. The Kier molecular flexibility index (Phi) is 4.35. The number of hydrogen-bond acceptors (Lipinski definition) is 5. The van der Waals surface area contributed by atoms with E-state index in [2.05, 4.69) is 15.5 Å². The molecule has 1 atom stereocenters. The second-order valence-corrected chi connectivity index (χ2v) is 6.10. The maximum Gasteiger partial charge on any atom is 0.266 e. The van der Waals surface area contributed by atoms with Crippen LogP contribution >= 0.6 is 0 Å². The van der Waals surface area contributed by atoms with Crippen LogP contribution in [0.5, 0.6) is 5.75 Å². The summed E-state index contributed by atoms with van der Waals surface area (Å²) in [6, 6.07) is 12.9. The fourth-order valence-corrected chi connectivity index (χ4v) is 2.53. The predicted octanol–water partition coefficient (Wildman–Crippen LogP) is 3.27. The van der Waals surface area contributed by atoms with Gasteiger partial charge in [-0.3, -0.25) is 4.79 Å². The van der Waals surface area contributed by atoms with Crippen molar-refractivity contribution < 1.29 is 18.3 Å². The van der Waals surface area contributed by atoms with Crippen molar-refractivity contribution in [3.05, 3.63) is 66.3 Å². The number of ether oxygens (including phenoxy) is 1. The van der Waals surface area contributed by atoms with E-state index in [0.29, 0.717) is 17.2 Å². The molecule has 132 valence electrons. The van der Waals surface area contributed by atoms with Gasteiger partial charge in [-0.05, 0) is 49.2 Å². The smallest absolute Gasteiger partial charge is 0.266 e. The third-order valence-electron chi connectivity index (χ3n) is 4.05. The first kappa shape index (κ1) is 16.3. The lowest BCUT2D eigenvalue weighted by molar-refractivity contribution is -0.128. The number of hydrogen-bond donors (Lipinski definition) is 1. The van der Waals surface area contributed by atoms with Crippen LogP contribution in [-0.4, -0.2) is 22.1 Å². The van der Waals surface area contributed by atoms with Gasteiger partial charge in [0.2, 0.25) is 18.4 Å². The van der Waals surface area contributed by atoms with Crippen LogP contribution in [0.1, 0.15) is 24.5 Å². The molecule has 1 amide bonds. The van der Waals surface area contributed by atoms with Gasteiger partial charge in [-0.25, -0.2) is 4.39 Å². The Labute approximate surface area is 149 Å². The summed E-state index contributed by atoms with van der Waals surface area (Å²) in [5.41, 5.74) is 1.33. The molecule has 2 aromatic carbocycles. The normalized spacial score (nSPS) is 14.7. The molecular weight excluding hydrogens is 337 g/mol. The largest absolute Gasteiger partial charge is 0.476 e. The van der Waals surface area contributed by atoms with Crippen LogP contribution in [0.15, 0.2) is 59.3 Å². The maximum atomic E-state index is 13.2. The highest BCUT2D eigenvalue weighted by Gasteiger charge is 2.29. The zero-order chi connectivity index (χ0) is 17.9. The van der Waals surface area contributed by atoms with Crippen molar-refractivity contribution in [3.63, 3.8) is 0 Å². The van der Waals surface area contributed by atoms with Crippen molar-refractivity contribution in [1.29, 1.82) is 0 Å². The number of benzene rings is 2. The van der Waals surface area contributed by atoms with E-state index >= 15 is 0 Å². The van der Waals surface area contributed by atoms with E-state index in [-0.39, 0.29) is 17.8 Å². The second-order valence-electron chi connectivity index (χ2n) is 6.10. The molecule has 1 fully saturated rings. The first-order valence-electron chi connectivity index (χ1n) is 8.28.